The van der Waals surface area contributed by atoms with E-state index in [1.807, 2.05) is 0 Å². The molecule has 0 radical (unpaired) electrons. The highest BCUT2D eigenvalue weighted by atomic mass is 32.1. The molecule has 0 atom stereocenters. The van der Waals surface area contributed by atoms with Crippen molar-refractivity contribution in [2.45, 2.75) is 19.9 Å². The normalized spacial score (nSPS) is 14.2. The van der Waals surface area contributed by atoms with E-state index in [-0.39, 0.29) is 5.91 Å². The fourth-order valence-corrected chi connectivity index (χ4v) is 3.46. The van der Waals surface area contributed by atoms with Gasteiger partial charge in [0.25, 0.3) is 0 Å². The van der Waals surface area contributed by atoms with Crippen molar-refractivity contribution in [2.75, 3.05) is 11.9 Å². The minimum absolute atomic E-state index is 0.0864. The lowest BCUT2D eigenvalue weighted by molar-refractivity contribution is -0.114. The van der Waals surface area contributed by atoms with Crippen molar-refractivity contribution in [3.8, 4) is 11.4 Å². The highest BCUT2D eigenvalue weighted by Crippen LogP contribution is 2.40. The molecule has 2 aromatic rings. The van der Waals surface area contributed by atoms with Gasteiger partial charge < -0.3 is 10.6 Å². The maximum atomic E-state index is 11.3. The van der Waals surface area contributed by atoms with Gasteiger partial charge >= 0.3 is 0 Å². The standard InChI is InChI=1S/C11H14N6OS/c1-6(18)13-11-9(10-14-16-17(2)15-10)7-3-4-12-5-8(7)19-11/h12H,3-5H2,1-2H3,(H,13,18). The van der Waals surface area contributed by atoms with Gasteiger partial charge in [0.1, 0.15) is 5.00 Å². The molecule has 3 rings (SSSR count). The van der Waals surface area contributed by atoms with Gasteiger partial charge in [0, 0.05) is 18.3 Å². The number of carbonyl (C=O) groups is 1. The topological polar surface area (TPSA) is 84.7 Å². The number of nitrogens with zero attached hydrogens (tertiary/aromatic N) is 4. The monoisotopic (exact) mass is 278 g/mol. The van der Waals surface area contributed by atoms with Crippen molar-refractivity contribution in [3.05, 3.63) is 10.4 Å². The smallest absolute Gasteiger partial charge is 0.221 e. The molecule has 19 heavy (non-hydrogen) atoms. The van der Waals surface area contributed by atoms with Gasteiger partial charge in [0.2, 0.25) is 11.7 Å². The number of fused-ring (bicyclic) bond motifs is 1. The molecule has 2 aromatic heterocycles. The summed E-state index contributed by atoms with van der Waals surface area (Å²) >= 11 is 1.58. The molecule has 0 aliphatic carbocycles. The fraction of sp³-hybridized carbons (Fsp3) is 0.455. The van der Waals surface area contributed by atoms with Crippen molar-refractivity contribution in [1.29, 1.82) is 0 Å². The Morgan fingerprint density at radius 1 is 1.53 bits per heavy atom. The molecular weight excluding hydrogens is 264 g/mol. The summed E-state index contributed by atoms with van der Waals surface area (Å²) in [4.78, 5) is 14.0. The molecule has 0 unspecified atom stereocenters. The van der Waals surface area contributed by atoms with Crippen LogP contribution in [-0.4, -0.2) is 32.7 Å². The first-order valence-corrected chi connectivity index (χ1v) is 6.84. The van der Waals surface area contributed by atoms with E-state index >= 15 is 0 Å². The summed E-state index contributed by atoms with van der Waals surface area (Å²) in [5.41, 5.74) is 2.14. The summed E-state index contributed by atoms with van der Waals surface area (Å²) in [6, 6.07) is 0. The van der Waals surface area contributed by atoms with Gasteiger partial charge in [-0.25, -0.2) is 0 Å². The second kappa shape index (κ2) is 4.71. The number of thiophene rings is 1. The summed E-state index contributed by atoms with van der Waals surface area (Å²) < 4.78 is 0. The van der Waals surface area contributed by atoms with Crippen LogP contribution in [0.15, 0.2) is 0 Å². The average Bonchev–Trinajstić information content (AvgIpc) is 2.91. The predicted molar refractivity (Wildman–Crippen MR) is 71.8 cm³/mol. The average molecular weight is 278 g/mol. The van der Waals surface area contributed by atoms with Gasteiger partial charge in [-0.3, -0.25) is 4.79 Å². The number of rotatable bonds is 2. The molecule has 1 aliphatic heterocycles. The van der Waals surface area contributed by atoms with Crippen LogP contribution in [0.2, 0.25) is 0 Å². The molecule has 100 valence electrons. The second-order valence-electron chi connectivity index (χ2n) is 4.42. The van der Waals surface area contributed by atoms with Crippen molar-refractivity contribution < 1.29 is 4.79 Å². The summed E-state index contributed by atoms with van der Waals surface area (Å²) in [6.07, 6.45) is 0.916. The number of amides is 1. The van der Waals surface area contributed by atoms with Gasteiger partial charge in [-0.15, -0.1) is 21.5 Å². The Morgan fingerprint density at radius 2 is 2.37 bits per heavy atom. The lowest BCUT2D eigenvalue weighted by Crippen LogP contribution is -2.22. The molecule has 0 fully saturated rings. The quantitative estimate of drug-likeness (QED) is 0.837. The Hall–Kier alpha value is -1.80. The Bertz CT molecular complexity index is 631. The molecule has 8 heteroatoms. The summed E-state index contributed by atoms with van der Waals surface area (Å²) in [7, 11) is 1.73. The highest BCUT2D eigenvalue weighted by Gasteiger charge is 2.24. The van der Waals surface area contributed by atoms with Gasteiger partial charge in [0.05, 0.1) is 12.6 Å². The van der Waals surface area contributed by atoms with Crippen LogP contribution >= 0.6 is 11.3 Å². The molecule has 1 amide bonds. The molecule has 2 N–H and O–H groups in total. The van der Waals surface area contributed by atoms with Gasteiger partial charge in [0.15, 0.2) is 0 Å². The number of carbonyl (C=O) groups excluding carboxylic acids is 1. The van der Waals surface area contributed by atoms with Crippen LogP contribution in [0, 0.1) is 0 Å². The number of aromatic nitrogens is 4. The van der Waals surface area contributed by atoms with Crippen LogP contribution in [0.4, 0.5) is 5.00 Å². The largest absolute Gasteiger partial charge is 0.317 e. The minimum atomic E-state index is -0.0864. The molecule has 0 aromatic carbocycles. The summed E-state index contributed by atoms with van der Waals surface area (Å²) in [6.45, 7) is 3.26. The predicted octanol–water partition coefficient (Wildman–Crippen LogP) is 0.543. The maximum absolute atomic E-state index is 11.3. The Labute approximate surface area is 114 Å². The third-order valence-electron chi connectivity index (χ3n) is 2.95. The second-order valence-corrected chi connectivity index (χ2v) is 5.52. The maximum Gasteiger partial charge on any atom is 0.221 e. The van der Waals surface area contributed by atoms with Gasteiger partial charge in [-0.1, -0.05) is 0 Å². The molecule has 0 spiro atoms. The van der Waals surface area contributed by atoms with E-state index in [2.05, 4.69) is 26.0 Å². The van der Waals surface area contributed by atoms with Crippen molar-refractivity contribution in [2.24, 2.45) is 7.05 Å². The molecule has 3 heterocycles. The number of anilines is 1. The molecule has 0 saturated carbocycles. The Balaban J connectivity index is 2.13. The zero-order valence-electron chi connectivity index (χ0n) is 10.7. The van der Waals surface area contributed by atoms with Crippen LogP contribution in [-0.2, 0) is 24.8 Å². The fourth-order valence-electron chi connectivity index (χ4n) is 2.20. The first-order chi connectivity index (χ1) is 9.15. The number of nitrogens with one attached hydrogen (secondary N) is 2. The van der Waals surface area contributed by atoms with Crippen LogP contribution in [0.1, 0.15) is 17.4 Å². The number of tetrazole rings is 1. The number of aryl methyl sites for hydroxylation is 1. The molecular formula is C11H14N6OS. The van der Waals surface area contributed by atoms with E-state index in [1.54, 1.807) is 18.4 Å². The van der Waals surface area contributed by atoms with E-state index in [0.717, 1.165) is 30.1 Å². The van der Waals surface area contributed by atoms with Crippen molar-refractivity contribution in [1.82, 2.24) is 25.5 Å². The zero-order valence-corrected chi connectivity index (χ0v) is 11.5. The first-order valence-electron chi connectivity index (χ1n) is 6.02. The van der Waals surface area contributed by atoms with E-state index in [0.29, 0.717) is 5.82 Å². The van der Waals surface area contributed by atoms with Crippen molar-refractivity contribution in [3.63, 3.8) is 0 Å². The van der Waals surface area contributed by atoms with Crippen LogP contribution in [0.5, 0.6) is 0 Å². The molecule has 1 aliphatic rings. The Kier molecular flexibility index (Phi) is 3.03. The third kappa shape index (κ3) is 2.24. The van der Waals surface area contributed by atoms with Crippen molar-refractivity contribution >= 4 is 22.2 Å². The SMILES string of the molecule is CC(=O)Nc1sc2c(c1-c1nnn(C)n1)CCNC2. The molecule has 7 nitrogen and oxygen atoms in total. The third-order valence-corrected chi connectivity index (χ3v) is 4.10. The van der Waals surface area contributed by atoms with Gasteiger partial charge in [-0.05, 0) is 23.7 Å². The molecule has 0 bridgehead atoms. The first kappa shape index (κ1) is 12.2. The lowest BCUT2D eigenvalue weighted by atomic mass is 10.0. The van der Waals surface area contributed by atoms with Crippen LogP contribution < -0.4 is 10.6 Å². The number of hydrogen-bond acceptors (Lipinski definition) is 6. The van der Waals surface area contributed by atoms with Crippen LogP contribution in [0.3, 0.4) is 0 Å². The molecule has 0 saturated heterocycles. The lowest BCUT2D eigenvalue weighted by Gasteiger charge is -2.12. The van der Waals surface area contributed by atoms with E-state index in [4.69, 9.17) is 0 Å². The van der Waals surface area contributed by atoms with E-state index in [1.165, 1.54) is 22.2 Å². The minimum Gasteiger partial charge on any atom is -0.317 e. The summed E-state index contributed by atoms with van der Waals surface area (Å²) in [5.74, 6) is 0.488. The zero-order chi connectivity index (χ0) is 13.4. The van der Waals surface area contributed by atoms with E-state index in [9.17, 15) is 4.79 Å². The summed E-state index contributed by atoms with van der Waals surface area (Å²) in [5, 5.41) is 19.2. The number of hydrogen-bond donors (Lipinski definition) is 2. The van der Waals surface area contributed by atoms with E-state index < -0.39 is 0 Å². The highest BCUT2D eigenvalue weighted by molar-refractivity contribution is 7.17. The Morgan fingerprint density at radius 3 is 3.05 bits per heavy atom. The van der Waals surface area contributed by atoms with Gasteiger partial charge in [-0.2, -0.15) is 4.80 Å². The van der Waals surface area contributed by atoms with Crippen LogP contribution in [0.25, 0.3) is 11.4 Å².